The van der Waals surface area contributed by atoms with Gasteiger partial charge >= 0.3 is 0 Å². The Kier molecular flexibility index (Phi) is 4.93. The molecule has 0 spiro atoms. The van der Waals surface area contributed by atoms with Gasteiger partial charge in [-0.3, -0.25) is 9.59 Å². The molecule has 1 heterocycles. The van der Waals surface area contributed by atoms with Crippen LogP contribution in [-0.2, 0) is 18.4 Å². The van der Waals surface area contributed by atoms with Crippen LogP contribution in [0.5, 0.6) is 0 Å². The zero-order chi connectivity index (χ0) is 17.8. The van der Waals surface area contributed by atoms with Crippen LogP contribution in [0, 0.1) is 0 Å². The van der Waals surface area contributed by atoms with Gasteiger partial charge in [0.2, 0.25) is 5.91 Å². The molecule has 0 saturated heterocycles. The van der Waals surface area contributed by atoms with Gasteiger partial charge in [-0.15, -0.1) is 0 Å². The van der Waals surface area contributed by atoms with Crippen molar-refractivity contribution in [1.29, 1.82) is 0 Å². The van der Waals surface area contributed by atoms with Gasteiger partial charge in [0.1, 0.15) is 0 Å². The van der Waals surface area contributed by atoms with Gasteiger partial charge in [0.15, 0.2) is 0 Å². The van der Waals surface area contributed by atoms with E-state index in [0.717, 1.165) is 17.4 Å². The molecule has 0 aliphatic carbocycles. The molecule has 5 nitrogen and oxygen atoms in total. The quantitative estimate of drug-likeness (QED) is 0.780. The van der Waals surface area contributed by atoms with Crippen molar-refractivity contribution >= 4 is 16.7 Å². The van der Waals surface area contributed by atoms with E-state index in [4.69, 9.17) is 0 Å². The summed E-state index contributed by atoms with van der Waals surface area (Å²) in [5.41, 5.74) is 1.55. The van der Waals surface area contributed by atoms with Crippen molar-refractivity contribution < 1.29 is 4.79 Å². The number of hydrogen-bond donors (Lipinski definition) is 1. The van der Waals surface area contributed by atoms with Gasteiger partial charge < -0.3 is 5.32 Å². The maximum atomic E-state index is 12.6. The van der Waals surface area contributed by atoms with Crippen LogP contribution in [0.2, 0.25) is 0 Å². The number of aromatic nitrogens is 2. The molecule has 1 aromatic heterocycles. The molecule has 0 aliphatic rings. The number of nitrogens with one attached hydrogen (secondary N) is 1. The summed E-state index contributed by atoms with van der Waals surface area (Å²) in [6.07, 6.45) is 0.720. The van der Waals surface area contributed by atoms with Gasteiger partial charge in [-0.2, -0.15) is 5.10 Å². The summed E-state index contributed by atoms with van der Waals surface area (Å²) in [5, 5.41) is 8.68. The smallest absolute Gasteiger partial charge is 0.274 e. The molecule has 1 N–H and O–H groups in total. The second-order valence-corrected chi connectivity index (χ2v) is 6.01. The summed E-state index contributed by atoms with van der Waals surface area (Å²) >= 11 is 0. The number of hydrogen-bond acceptors (Lipinski definition) is 3. The fourth-order valence-corrected chi connectivity index (χ4v) is 3.06. The highest BCUT2D eigenvalue weighted by molar-refractivity contribution is 5.86. The molecule has 0 radical (unpaired) electrons. The second kappa shape index (κ2) is 7.30. The lowest BCUT2D eigenvalue weighted by Gasteiger charge is -2.16. The fraction of sp³-hybridized carbons (Fsp3) is 0.250. The van der Waals surface area contributed by atoms with Crippen LogP contribution in [-0.4, -0.2) is 15.7 Å². The molecule has 1 atom stereocenters. The average Bonchev–Trinajstić information content (AvgIpc) is 2.65. The number of fused-ring (bicyclic) bond motifs is 1. The Labute approximate surface area is 146 Å². The summed E-state index contributed by atoms with van der Waals surface area (Å²) in [5.74, 6) is -0.228. The molecule has 0 bridgehead atoms. The third-order valence-electron chi connectivity index (χ3n) is 4.39. The van der Waals surface area contributed by atoms with Gasteiger partial charge in [-0.05, 0) is 18.1 Å². The van der Waals surface area contributed by atoms with Gasteiger partial charge in [-0.25, -0.2) is 4.68 Å². The van der Waals surface area contributed by atoms with Crippen molar-refractivity contribution in [2.24, 2.45) is 7.05 Å². The Balaban J connectivity index is 1.84. The third kappa shape index (κ3) is 3.45. The van der Waals surface area contributed by atoms with Gasteiger partial charge in [0, 0.05) is 12.4 Å². The summed E-state index contributed by atoms with van der Waals surface area (Å²) < 4.78 is 1.32. The standard InChI is InChI=1S/C20H21N3O2/c1-3-15(14-9-5-4-6-10-14)19(24)21-13-18-16-11-7-8-12-17(16)20(25)23(2)22-18/h4-12,15H,3,13H2,1-2H3,(H,21,24). The van der Waals surface area contributed by atoms with Crippen LogP contribution in [0.4, 0.5) is 0 Å². The maximum absolute atomic E-state index is 12.6. The highest BCUT2D eigenvalue weighted by Crippen LogP contribution is 2.20. The van der Waals surface area contributed by atoms with Crippen molar-refractivity contribution in [2.75, 3.05) is 0 Å². The second-order valence-electron chi connectivity index (χ2n) is 6.01. The van der Waals surface area contributed by atoms with Crippen molar-refractivity contribution in [3.63, 3.8) is 0 Å². The largest absolute Gasteiger partial charge is 0.350 e. The van der Waals surface area contributed by atoms with Crippen LogP contribution in [0.25, 0.3) is 10.8 Å². The van der Waals surface area contributed by atoms with E-state index < -0.39 is 0 Å². The molecular formula is C20H21N3O2. The van der Waals surface area contributed by atoms with E-state index in [1.165, 1.54) is 4.68 Å². The van der Waals surface area contributed by atoms with Crippen LogP contribution in [0.3, 0.4) is 0 Å². The fourth-order valence-electron chi connectivity index (χ4n) is 3.06. The number of nitrogens with zero attached hydrogens (tertiary/aromatic N) is 2. The zero-order valence-electron chi connectivity index (χ0n) is 14.4. The predicted octanol–water partition coefficient (Wildman–Crippen LogP) is 2.74. The first-order chi connectivity index (χ1) is 12.1. The SMILES string of the molecule is CCC(C(=O)NCc1nn(C)c(=O)c2ccccc12)c1ccccc1. The molecule has 1 unspecified atom stereocenters. The first kappa shape index (κ1) is 16.9. The van der Waals surface area contributed by atoms with E-state index in [0.29, 0.717) is 11.1 Å². The summed E-state index contributed by atoms with van der Waals surface area (Å²) in [6, 6.07) is 17.1. The number of carbonyl (C=O) groups is 1. The highest BCUT2D eigenvalue weighted by atomic mass is 16.2. The summed E-state index contributed by atoms with van der Waals surface area (Å²) in [6.45, 7) is 2.29. The van der Waals surface area contributed by atoms with Crippen molar-refractivity contribution in [1.82, 2.24) is 15.1 Å². The summed E-state index contributed by atoms with van der Waals surface area (Å²) in [7, 11) is 1.62. The number of rotatable bonds is 5. The normalized spacial score (nSPS) is 12.1. The van der Waals surface area contributed by atoms with Crippen LogP contribution in [0.1, 0.15) is 30.5 Å². The zero-order valence-corrected chi connectivity index (χ0v) is 14.4. The number of carbonyl (C=O) groups excluding carboxylic acids is 1. The first-order valence-corrected chi connectivity index (χ1v) is 8.39. The van der Waals surface area contributed by atoms with Gasteiger partial charge in [-0.1, -0.05) is 55.5 Å². The summed E-state index contributed by atoms with van der Waals surface area (Å²) in [4.78, 5) is 24.8. The Morgan fingerprint density at radius 1 is 1.08 bits per heavy atom. The Morgan fingerprint density at radius 3 is 2.40 bits per heavy atom. The number of amides is 1. The third-order valence-corrected chi connectivity index (χ3v) is 4.39. The van der Waals surface area contributed by atoms with Crippen LogP contribution in [0.15, 0.2) is 59.4 Å². The van der Waals surface area contributed by atoms with E-state index in [9.17, 15) is 9.59 Å². The molecule has 5 heteroatoms. The minimum Gasteiger partial charge on any atom is -0.350 e. The highest BCUT2D eigenvalue weighted by Gasteiger charge is 2.19. The van der Waals surface area contributed by atoms with Crippen LogP contribution < -0.4 is 10.9 Å². The molecular weight excluding hydrogens is 314 g/mol. The molecule has 0 aliphatic heterocycles. The topological polar surface area (TPSA) is 64.0 Å². The van der Waals surface area contributed by atoms with E-state index in [-0.39, 0.29) is 23.9 Å². The monoisotopic (exact) mass is 335 g/mol. The molecule has 25 heavy (non-hydrogen) atoms. The molecule has 3 rings (SSSR count). The Bertz CT molecular complexity index is 948. The van der Waals surface area contributed by atoms with E-state index in [1.54, 1.807) is 13.1 Å². The van der Waals surface area contributed by atoms with Crippen LogP contribution >= 0.6 is 0 Å². The lowest BCUT2D eigenvalue weighted by Crippen LogP contribution is -2.30. The van der Waals surface area contributed by atoms with E-state index >= 15 is 0 Å². The van der Waals surface area contributed by atoms with Crippen molar-refractivity contribution in [3.8, 4) is 0 Å². The van der Waals surface area contributed by atoms with Crippen molar-refractivity contribution in [3.05, 3.63) is 76.2 Å². The molecule has 0 saturated carbocycles. The maximum Gasteiger partial charge on any atom is 0.274 e. The molecule has 0 fully saturated rings. The van der Waals surface area contributed by atoms with Gasteiger partial charge in [0.05, 0.1) is 23.5 Å². The van der Waals surface area contributed by atoms with Crippen molar-refractivity contribution in [2.45, 2.75) is 25.8 Å². The molecule has 1 amide bonds. The molecule has 2 aromatic carbocycles. The molecule has 128 valence electrons. The lowest BCUT2D eigenvalue weighted by molar-refractivity contribution is -0.122. The lowest BCUT2D eigenvalue weighted by atomic mass is 9.95. The Morgan fingerprint density at radius 2 is 1.72 bits per heavy atom. The number of benzene rings is 2. The predicted molar refractivity (Wildman–Crippen MR) is 98.3 cm³/mol. The number of aryl methyl sites for hydroxylation is 1. The minimum atomic E-state index is -0.194. The van der Waals surface area contributed by atoms with E-state index in [2.05, 4.69) is 10.4 Å². The first-order valence-electron chi connectivity index (χ1n) is 8.39. The van der Waals surface area contributed by atoms with Gasteiger partial charge in [0.25, 0.3) is 5.56 Å². The average molecular weight is 335 g/mol. The molecule has 3 aromatic rings. The minimum absolute atomic E-state index is 0.0339. The Hall–Kier alpha value is -2.95. The van der Waals surface area contributed by atoms with E-state index in [1.807, 2.05) is 55.5 Å².